The third kappa shape index (κ3) is 4.23. The van der Waals surface area contributed by atoms with Crippen LogP contribution in [0.25, 0.3) is 5.65 Å². The maximum Gasteiger partial charge on any atom is 0.257 e. The lowest BCUT2D eigenvalue weighted by Crippen LogP contribution is -2.49. The number of pyridine rings is 1. The zero-order chi connectivity index (χ0) is 21.3. The standard InChI is InChI=1S/C21H24N4O4S/c1-30(28,29)17-6-4-16(5-7-17)19(26)15-23-11-13-25(14-12-23)21(27)18-3-2-9-24-10-8-22-20(18)24/h2-10,19,26H,11-15H2,1H3. The number of benzene rings is 1. The Morgan fingerprint density at radius 2 is 1.80 bits per heavy atom. The molecule has 0 spiro atoms. The van der Waals surface area contributed by atoms with E-state index >= 15 is 0 Å². The number of hydrogen-bond donors (Lipinski definition) is 1. The van der Waals surface area contributed by atoms with Crippen molar-refractivity contribution in [1.82, 2.24) is 19.2 Å². The van der Waals surface area contributed by atoms with Crippen LogP contribution in [0.3, 0.4) is 0 Å². The number of imidazole rings is 1. The van der Waals surface area contributed by atoms with Gasteiger partial charge in [-0.3, -0.25) is 9.69 Å². The maximum atomic E-state index is 12.9. The average molecular weight is 429 g/mol. The van der Waals surface area contributed by atoms with E-state index in [4.69, 9.17) is 0 Å². The lowest BCUT2D eigenvalue weighted by atomic mass is 10.1. The minimum Gasteiger partial charge on any atom is -0.387 e. The van der Waals surface area contributed by atoms with Gasteiger partial charge in [0.05, 0.1) is 16.6 Å². The Hall–Kier alpha value is -2.75. The highest BCUT2D eigenvalue weighted by atomic mass is 32.2. The zero-order valence-electron chi connectivity index (χ0n) is 16.7. The number of aliphatic hydroxyl groups excluding tert-OH is 1. The second-order valence-corrected chi connectivity index (χ2v) is 9.55. The first-order chi connectivity index (χ1) is 14.3. The summed E-state index contributed by atoms with van der Waals surface area (Å²) < 4.78 is 25.0. The first-order valence-corrected chi connectivity index (χ1v) is 11.6. The lowest BCUT2D eigenvalue weighted by molar-refractivity contribution is 0.0528. The summed E-state index contributed by atoms with van der Waals surface area (Å²) in [5.74, 6) is -0.0386. The van der Waals surface area contributed by atoms with E-state index in [9.17, 15) is 18.3 Å². The number of aromatic nitrogens is 2. The molecule has 1 unspecified atom stereocenters. The van der Waals surface area contributed by atoms with Gasteiger partial charge < -0.3 is 14.4 Å². The van der Waals surface area contributed by atoms with Gasteiger partial charge in [0.2, 0.25) is 0 Å². The van der Waals surface area contributed by atoms with Gasteiger partial charge in [-0.2, -0.15) is 0 Å². The zero-order valence-corrected chi connectivity index (χ0v) is 17.5. The number of aliphatic hydroxyl groups is 1. The van der Waals surface area contributed by atoms with Gasteiger partial charge >= 0.3 is 0 Å². The van der Waals surface area contributed by atoms with Gasteiger partial charge in [-0.15, -0.1) is 0 Å². The topological polar surface area (TPSA) is 95.2 Å². The van der Waals surface area contributed by atoms with E-state index in [1.165, 1.54) is 12.1 Å². The van der Waals surface area contributed by atoms with E-state index in [-0.39, 0.29) is 10.8 Å². The number of amides is 1. The lowest BCUT2D eigenvalue weighted by Gasteiger charge is -2.35. The largest absolute Gasteiger partial charge is 0.387 e. The van der Waals surface area contributed by atoms with Crippen LogP contribution in [0.1, 0.15) is 22.0 Å². The Morgan fingerprint density at radius 3 is 2.47 bits per heavy atom. The van der Waals surface area contributed by atoms with E-state index in [2.05, 4.69) is 9.88 Å². The van der Waals surface area contributed by atoms with Gasteiger partial charge in [-0.1, -0.05) is 12.1 Å². The van der Waals surface area contributed by atoms with Crippen molar-refractivity contribution < 1.29 is 18.3 Å². The Kier molecular flexibility index (Phi) is 5.59. The quantitative estimate of drug-likeness (QED) is 0.657. The van der Waals surface area contributed by atoms with Gasteiger partial charge in [-0.25, -0.2) is 13.4 Å². The fourth-order valence-electron chi connectivity index (χ4n) is 3.71. The van der Waals surface area contributed by atoms with Crippen LogP contribution < -0.4 is 0 Å². The van der Waals surface area contributed by atoms with Crippen molar-refractivity contribution >= 4 is 21.4 Å². The van der Waals surface area contributed by atoms with Crippen LogP contribution >= 0.6 is 0 Å². The molecule has 4 rings (SSSR count). The molecule has 3 aromatic rings. The first-order valence-electron chi connectivity index (χ1n) is 9.74. The van der Waals surface area contributed by atoms with Crippen molar-refractivity contribution in [2.75, 3.05) is 39.0 Å². The van der Waals surface area contributed by atoms with E-state index in [1.807, 2.05) is 27.8 Å². The molecule has 30 heavy (non-hydrogen) atoms. The highest BCUT2D eigenvalue weighted by molar-refractivity contribution is 7.90. The molecule has 3 heterocycles. The van der Waals surface area contributed by atoms with Gasteiger partial charge in [-0.05, 0) is 29.8 Å². The summed E-state index contributed by atoms with van der Waals surface area (Å²) in [5, 5.41) is 10.5. The Labute approximate surface area is 175 Å². The van der Waals surface area contributed by atoms with Crippen molar-refractivity contribution in [1.29, 1.82) is 0 Å². The molecule has 1 amide bonds. The third-order valence-corrected chi connectivity index (χ3v) is 6.56. The minimum atomic E-state index is -3.26. The predicted molar refractivity (Wildman–Crippen MR) is 112 cm³/mol. The van der Waals surface area contributed by atoms with Gasteiger partial charge in [0, 0.05) is 57.6 Å². The minimum absolute atomic E-state index is 0.0386. The number of carbonyl (C=O) groups excluding carboxylic acids is 1. The average Bonchev–Trinajstić information content (AvgIpc) is 3.22. The number of piperazine rings is 1. The number of nitrogens with zero attached hydrogens (tertiary/aromatic N) is 4. The molecule has 1 aromatic carbocycles. The molecule has 9 heteroatoms. The highest BCUT2D eigenvalue weighted by Gasteiger charge is 2.25. The van der Waals surface area contributed by atoms with E-state index in [0.29, 0.717) is 49.5 Å². The van der Waals surface area contributed by atoms with Crippen LogP contribution in [0.5, 0.6) is 0 Å². The summed E-state index contributed by atoms with van der Waals surface area (Å²) in [4.78, 5) is 21.4. The predicted octanol–water partition coefficient (Wildman–Crippen LogP) is 1.23. The van der Waals surface area contributed by atoms with Crippen molar-refractivity contribution in [3.8, 4) is 0 Å². The smallest absolute Gasteiger partial charge is 0.257 e. The van der Waals surface area contributed by atoms with Crippen LogP contribution in [0.4, 0.5) is 0 Å². The monoisotopic (exact) mass is 428 g/mol. The Morgan fingerprint density at radius 1 is 1.10 bits per heavy atom. The summed E-state index contributed by atoms with van der Waals surface area (Å²) in [6.07, 6.45) is 5.79. The number of fused-ring (bicyclic) bond motifs is 1. The summed E-state index contributed by atoms with van der Waals surface area (Å²) in [7, 11) is -3.26. The Bertz CT molecular complexity index is 1150. The fraction of sp³-hybridized carbons (Fsp3) is 0.333. The molecule has 158 valence electrons. The highest BCUT2D eigenvalue weighted by Crippen LogP contribution is 2.19. The van der Waals surface area contributed by atoms with Gasteiger partial charge in [0.25, 0.3) is 5.91 Å². The molecular weight excluding hydrogens is 404 g/mol. The SMILES string of the molecule is CS(=O)(=O)c1ccc(C(O)CN2CCN(C(=O)c3cccn4ccnc34)CC2)cc1. The number of hydrogen-bond acceptors (Lipinski definition) is 6. The number of sulfone groups is 1. The van der Waals surface area contributed by atoms with Crippen LogP contribution in [-0.2, 0) is 9.84 Å². The number of carbonyl (C=O) groups is 1. The molecule has 0 aliphatic carbocycles. The summed E-state index contributed by atoms with van der Waals surface area (Å²) in [5.41, 5.74) is 1.91. The molecule has 0 radical (unpaired) electrons. The second kappa shape index (κ2) is 8.17. The molecular formula is C21H24N4O4S. The van der Waals surface area contributed by atoms with Gasteiger partial charge in [0.15, 0.2) is 9.84 Å². The van der Waals surface area contributed by atoms with Crippen LogP contribution in [0.15, 0.2) is 59.9 Å². The molecule has 1 atom stereocenters. The normalized spacial score (nSPS) is 16.7. The van der Waals surface area contributed by atoms with Crippen molar-refractivity contribution in [3.63, 3.8) is 0 Å². The molecule has 0 saturated carbocycles. The number of rotatable bonds is 5. The Balaban J connectivity index is 1.35. The molecule has 1 aliphatic rings. The molecule has 2 aromatic heterocycles. The summed E-state index contributed by atoms with van der Waals surface area (Å²) in [6, 6.07) is 9.95. The molecule has 1 fully saturated rings. The molecule has 8 nitrogen and oxygen atoms in total. The number of β-amino-alcohol motifs (C(OH)–C–C–N with tert-alkyl or cyclic N) is 1. The first kappa shape index (κ1) is 20.5. The van der Waals surface area contributed by atoms with E-state index < -0.39 is 15.9 Å². The van der Waals surface area contributed by atoms with Crippen molar-refractivity contribution in [2.45, 2.75) is 11.0 Å². The van der Waals surface area contributed by atoms with Crippen molar-refractivity contribution in [2.24, 2.45) is 0 Å². The summed E-state index contributed by atoms with van der Waals surface area (Å²) in [6.45, 7) is 2.88. The van der Waals surface area contributed by atoms with Crippen LogP contribution in [0, 0.1) is 0 Å². The maximum absolute atomic E-state index is 12.9. The summed E-state index contributed by atoms with van der Waals surface area (Å²) >= 11 is 0. The van der Waals surface area contributed by atoms with Crippen LogP contribution in [-0.4, -0.2) is 77.6 Å². The van der Waals surface area contributed by atoms with Crippen LogP contribution in [0.2, 0.25) is 0 Å². The molecule has 0 bridgehead atoms. The molecule has 1 aliphatic heterocycles. The molecule has 1 N–H and O–H groups in total. The van der Waals surface area contributed by atoms with Crippen molar-refractivity contribution in [3.05, 3.63) is 66.1 Å². The third-order valence-electron chi connectivity index (χ3n) is 5.43. The van der Waals surface area contributed by atoms with Gasteiger partial charge in [0.1, 0.15) is 5.65 Å². The van der Waals surface area contributed by atoms with E-state index in [0.717, 1.165) is 6.26 Å². The second-order valence-electron chi connectivity index (χ2n) is 7.53. The molecule has 1 saturated heterocycles. The van der Waals surface area contributed by atoms with E-state index in [1.54, 1.807) is 24.4 Å². The fourth-order valence-corrected chi connectivity index (χ4v) is 4.34.